The highest BCUT2D eigenvalue weighted by molar-refractivity contribution is 7.12. The number of hydrogen-bond acceptors (Lipinski definition) is 3. The first kappa shape index (κ1) is 18.2. The van der Waals surface area contributed by atoms with Gasteiger partial charge >= 0.3 is 0 Å². The molecule has 28 heavy (non-hydrogen) atoms. The van der Waals surface area contributed by atoms with E-state index in [2.05, 4.69) is 5.32 Å². The van der Waals surface area contributed by atoms with Gasteiger partial charge in [-0.3, -0.25) is 9.59 Å². The van der Waals surface area contributed by atoms with Crippen molar-refractivity contribution in [3.63, 3.8) is 0 Å². The highest BCUT2D eigenvalue weighted by Gasteiger charge is 2.18. The summed E-state index contributed by atoms with van der Waals surface area (Å²) < 4.78 is 1.84. The Bertz CT molecular complexity index is 1170. The van der Waals surface area contributed by atoms with E-state index in [0.29, 0.717) is 10.4 Å². The van der Waals surface area contributed by atoms with E-state index >= 15 is 0 Å². The van der Waals surface area contributed by atoms with Crippen LogP contribution in [0.15, 0.2) is 66.2 Å². The molecule has 140 valence electrons. The van der Waals surface area contributed by atoms with Gasteiger partial charge in [-0.25, -0.2) is 0 Å². The van der Waals surface area contributed by atoms with Crippen molar-refractivity contribution in [3.8, 4) is 0 Å². The van der Waals surface area contributed by atoms with Gasteiger partial charge in [-0.05, 0) is 43.0 Å². The van der Waals surface area contributed by atoms with Crippen molar-refractivity contribution < 1.29 is 9.59 Å². The van der Waals surface area contributed by atoms with Gasteiger partial charge < -0.3 is 9.88 Å². The zero-order valence-corrected chi connectivity index (χ0v) is 16.5. The minimum absolute atomic E-state index is 0.0141. The smallest absolute Gasteiger partial charge is 0.244 e. The molecule has 0 atom stereocenters. The van der Waals surface area contributed by atoms with Crippen molar-refractivity contribution in [1.82, 2.24) is 4.57 Å². The number of benzene rings is 2. The van der Waals surface area contributed by atoms with Crippen LogP contribution in [0.25, 0.3) is 10.9 Å². The van der Waals surface area contributed by atoms with Gasteiger partial charge in [-0.2, -0.15) is 0 Å². The van der Waals surface area contributed by atoms with Gasteiger partial charge in [0.15, 0.2) is 0 Å². The molecule has 0 saturated heterocycles. The fourth-order valence-electron chi connectivity index (χ4n) is 3.40. The number of aryl methyl sites for hydroxylation is 2. The van der Waals surface area contributed by atoms with Crippen LogP contribution in [0, 0.1) is 13.8 Å². The monoisotopic (exact) mass is 388 g/mol. The van der Waals surface area contributed by atoms with Crippen molar-refractivity contribution >= 4 is 39.6 Å². The Kier molecular flexibility index (Phi) is 4.84. The van der Waals surface area contributed by atoms with E-state index < -0.39 is 0 Å². The summed E-state index contributed by atoms with van der Waals surface area (Å²) in [6, 6.07) is 17.3. The molecule has 1 amide bonds. The predicted molar refractivity (Wildman–Crippen MR) is 114 cm³/mol. The molecule has 0 aliphatic carbocycles. The third-order valence-corrected chi connectivity index (χ3v) is 5.62. The molecule has 2 heterocycles. The van der Waals surface area contributed by atoms with Crippen molar-refractivity contribution in [2.75, 3.05) is 5.32 Å². The first-order valence-electron chi connectivity index (χ1n) is 9.06. The molecule has 0 radical (unpaired) electrons. The molecular weight excluding hydrogens is 368 g/mol. The van der Waals surface area contributed by atoms with E-state index in [1.807, 2.05) is 78.4 Å². The Morgan fingerprint density at radius 3 is 2.61 bits per heavy atom. The topological polar surface area (TPSA) is 51.1 Å². The molecule has 1 N–H and O–H groups in total. The average molecular weight is 388 g/mol. The van der Waals surface area contributed by atoms with Gasteiger partial charge in [-0.15, -0.1) is 11.3 Å². The van der Waals surface area contributed by atoms with Gasteiger partial charge in [0.1, 0.15) is 6.54 Å². The number of ketones is 1. The second kappa shape index (κ2) is 7.44. The lowest BCUT2D eigenvalue weighted by atomic mass is 10.1. The Hall–Kier alpha value is -3.18. The molecule has 5 heteroatoms. The first-order chi connectivity index (χ1) is 13.5. The van der Waals surface area contributed by atoms with Crippen molar-refractivity contribution in [3.05, 3.63) is 87.7 Å². The molecule has 2 aromatic heterocycles. The second-order valence-corrected chi connectivity index (χ2v) is 7.81. The number of anilines is 1. The SMILES string of the molecule is Cc1ccc(NC(=O)Cn2cc(C(=O)c3cccs3)c3ccccc32)c(C)c1. The Morgan fingerprint density at radius 2 is 1.86 bits per heavy atom. The van der Waals surface area contributed by atoms with Crippen molar-refractivity contribution in [1.29, 1.82) is 0 Å². The largest absolute Gasteiger partial charge is 0.337 e. The average Bonchev–Trinajstić information content (AvgIpc) is 3.32. The highest BCUT2D eigenvalue weighted by atomic mass is 32.1. The summed E-state index contributed by atoms with van der Waals surface area (Å²) in [7, 11) is 0. The summed E-state index contributed by atoms with van der Waals surface area (Å²) in [5.74, 6) is -0.137. The Morgan fingerprint density at radius 1 is 1.04 bits per heavy atom. The first-order valence-corrected chi connectivity index (χ1v) is 9.94. The number of hydrogen-bond donors (Lipinski definition) is 1. The zero-order valence-electron chi connectivity index (χ0n) is 15.7. The molecule has 0 saturated carbocycles. The minimum Gasteiger partial charge on any atom is -0.337 e. The van der Waals surface area contributed by atoms with Gasteiger partial charge in [0.2, 0.25) is 11.7 Å². The van der Waals surface area contributed by atoms with E-state index in [0.717, 1.165) is 27.7 Å². The van der Waals surface area contributed by atoms with Crippen LogP contribution in [0.4, 0.5) is 5.69 Å². The van der Waals surface area contributed by atoms with E-state index in [-0.39, 0.29) is 18.2 Å². The van der Waals surface area contributed by atoms with Crippen LogP contribution >= 0.6 is 11.3 Å². The van der Waals surface area contributed by atoms with E-state index in [1.54, 1.807) is 6.20 Å². The summed E-state index contributed by atoms with van der Waals surface area (Å²) in [6.45, 7) is 4.15. The van der Waals surface area contributed by atoms with Crippen molar-refractivity contribution in [2.24, 2.45) is 0 Å². The zero-order chi connectivity index (χ0) is 19.7. The fourth-order valence-corrected chi connectivity index (χ4v) is 4.08. The van der Waals surface area contributed by atoms with E-state index in [4.69, 9.17) is 0 Å². The molecule has 0 aliphatic heterocycles. The minimum atomic E-state index is -0.122. The van der Waals surface area contributed by atoms with Crippen LogP contribution in [0.1, 0.15) is 26.4 Å². The lowest BCUT2D eigenvalue weighted by Crippen LogP contribution is -2.18. The number of nitrogens with zero attached hydrogens (tertiary/aromatic N) is 1. The highest BCUT2D eigenvalue weighted by Crippen LogP contribution is 2.25. The van der Waals surface area contributed by atoms with Gasteiger partial charge in [-0.1, -0.05) is 42.0 Å². The van der Waals surface area contributed by atoms with Crippen LogP contribution in [0.2, 0.25) is 0 Å². The summed E-state index contributed by atoms with van der Waals surface area (Å²) >= 11 is 1.42. The van der Waals surface area contributed by atoms with Crippen LogP contribution in [-0.4, -0.2) is 16.3 Å². The van der Waals surface area contributed by atoms with Crippen LogP contribution in [-0.2, 0) is 11.3 Å². The third-order valence-electron chi connectivity index (χ3n) is 4.75. The standard InChI is InChI=1S/C23H20N2O2S/c1-15-9-10-19(16(2)12-15)24-22(26)14-25-13-18(17-6-3-4-7-20(17)25)23(27)21-8-5-11-28-21/h3-13H,14H2,1-2H3,(H,24,26). The van der Waals surface area contributed by atoms with E-state index in [9.17, 15) is 9.59 Å². The summed E-state index contributed by atoms with van der Waals surface area (Å²) in [4.78, 5) is 26.2. The van der Waals surface area contributed by atoms with Gasteiger partial charge in [0, 0.05) is 28.4 Å². The summed E-state index contributed by atoms with van der Waals surface area (Å²) in [5, 5.41) is 5.73. The molecule has 4 nitrogen and oxygen atoms in total. The Balaban J connectivity index is 1.64. The summed E-state index contributed by atoms with van der Waals surface area (Å²) in [6.07, 6.45) is 1.79. The summed E-state index contributed by atoms with van der Waals surface area (Å²) in [5.41, 5.74) is 4.49. The molecule has 4 aromatic rings. The number of aromatic nitrogens is 1. The Labute approximate surface area is 167 Å². The number of carbonyl (C=O) groups excluding carboxylic acids is 2. The lowest BCUT2D eigenvalue weighted by Gasteiger charge is -2.10. The normalized spacial score (nSPS) is 10.9. The predicted octanol–water partition coefficient (Wildman–Crippen LogP) is 5.19. The molecule has 0 fully saturated rings. The van der Waals surface area contributed by atoms with Gasteiger partial charge in [0.05, 0.1) is 4.88 Å². The second-order valence-electron chi connectivity index (χ2n) is 6.86. The molecule has 0 spiro atoms. The molecule has 2 aromatic carbocycles. The molecule has 4 rings (SSSR count). The van der Waals surface area contributed by atoms with Crippen LogP contribution in [0.3, 0.4) is 0 Å². The third kappa shape index (κ3) is 3.49. The number of nitrogens with one attached hydrogen (secondary N) is 1. The fraction of sp³-hybridized carbons (Fsp3) is 0.130. The molecular formula is C23H20N2O2S. The quantitative estimate of drug-likeness (QED) is 0.478. The molecule has 0 aliphatic rings. The molecule has 0 unspecified atom stereocenters. The van der Waals surface area contributed by atoms with Crippen LogP contribution in [0.5, 0.6) is 0 Å². The van der Waals surface area contributed by atoms with Gasteiger partial charge in [0.25, 0.3) is 0 Å². The maximum absolute atomic E-state index is 12.9. The number of para-hydroxylation sites is 1. The number of rotatable bonds is 5. The maximum atomic E-state index is 12.9. The van der Waals surface area contributed by atoms with Crippen molar-refractivity contribution in [2.45, 2.75) is 20.4 Å². The number of amides is 1. The lowest BCUT2D eigenvalue weighted by molar-refractivity contribution is -0.116. The maximum Gasteiger partial charge on any atom is 0.244 e. The number of carbonyl (C=O) groups is 2. The number of fused-ring (bicyclic) bond motifs is 1. The van der Waals surface area contributed by atoms with E-state index in [1.165, 1.54) is 11.3 Å². The molecule has 0 bridgehead atoms. The van der Waals surface area contributed by atoms with Crippen LogP contribution < -0.4 is 5.32 Å². The number of thiophene rings is 1.